The molecule has 1 aliphatic rings. The molecular weight excluding hydrogens is 378 g/mol. The first-order valence-electron chi connectivity index (χ1n) is 8.45. The van der Waals surface area contributed by atoms with Crippen LogP contribution in [0.15, 0.2) is 23.1 Å². The lowest BCUT2D eigenvalue weighted by atomic mass is 10.1. The Morgan fingerprint density at radius 3 is 2.54 bits per heavy atom. The fourth-order valence-electron chi connectivity index (χ4n) is 2.97. The SMILES string of the molecule is CCCN(C(=O)c1ccc(OC)c(S(=O)(=O)N(C)C)c1)C1CCNC1.Cl. The summed E-state index contributed by atoms with van der Waals surface area (Å²) in [5.41, 5.74) is 0.363. The molecule has 9 heteroatoms. The lowest BCUT2D eigenvalue weighted by molar-refractivity contribution is 0.0692. The van der Waals surface area contributed by atoms with Crippen molar-refractivity contribution in [3.8, 4) is 5.75 Å². The molecule has 7 nitrogen and oxygen atoms in total. The van der Waals surface area contributed by atoms with Gasteiger partial charge in [0.2, 0.25) is 10.0 Å². The summed E-state index contributed by atoms with van der Waals surface area (Å²) in [5, 5.41) is 3.27. The summed E-state index contributed by atoms with van der Waals surface area (Å²) >= 11 is 0. The van der Waals surface area contributed by atoms with Gasteiger partial charge in [0, 0.05) is 38.8 Å². The molecule has 1 aromatic carbocycles. The number of methoxy groups -OCH3 is 1. The molecule has 1 aromatic rings. The van der Waals surface area contributed by atoms with E-state index in [1.807, 2.05) is 11.8 Å². The Hall–Kier alpha value is -1.35. The molecule has 2 rings (SSSR count). The zero-order valence-corrected chi connectivity index (χ0v) is 17.3. The van der Waals surface area contributed by atoms with Crippen LogP contribution in [0.3, 0.4) is 0 Å². The number of carbonyl (C=O) groups excluding carboxylic acids is 1. The number of rotatable bonds is 7. The Bertz CT molecular complexity index is 719. The molecule has 0 saturated carbocycles. The summed E-state index contributed by atoms with van der Waals surface area (Å²) < 4.78 is 31.4. The molecule has 0 spiro atoms. The Morgan fingerprint density at radius 1 is 1.35 bits per heavy atom. The molecular formula is C17H28ClN3O4S. The fourth-order valence-corrected chi connectivity index (χ4v) is 4.05. The van der Waals surface area contributed by atoms with E-state index in [0.717, 1.165) is 30.2 Å². The molecule has 0 aromatic heterocycles. The highest BCUT2D eigenvalue weighted by Gasteiger charge is 2.29. The number of halogens is 1. The fraction of sp³-hybridized carbons (Fsp3) is 0.588. The van der Waals surface area contributed by atoms with Gasteiger partial charge in [-0.3, -0.25) is 4.79 Å². The molecule has 0 aliphatic carbocycles. The van der Waals surface area contributed by atoms with E-state index >= 15 is 0 Å². The highest BCUT2D eigenvalue weighted by molar-refractivity contribution is 7.89. The van der Waals surface area contributed by atoms with Gasteiger partial charge >= 0.3 is 0 Å². The third kappa shape index (κ3) is 4.68. The van der Waals surface area contributed by atoms with Gasteiger partial charge in [-0.15, -0.1) is 12.4 Å². The van der Waals surface area contributed by atoms with Gasteiger partial charge in [0.15, 0.2) is 0 Å². The second-order valence-corrected chi connectivity index (χ2v) is 8.42. The first kappa shape index (κ1) is 22.7. The van der Waals surface area contributed by atoms with Crippen molar-refractivity contribution in [2.24, 2.45) is 0 Å². The highest BCUT2D eigenvalue weighted by atomic mass is 35.5. The largest absolute Gasteiger partial charge is 0.495 e. The summed E-state index contributed by atoms with van der Waals surface area (Å²) in [6.07, 6.45) is 1.76. The Kier molecular flexibility index (Phi) is 8.33. The summed E-state index contributed by atoms with van der Waals surface area (Å²) in [6.45, 7) is 4.33. The van der Waals surface area contributed by atoms with E-state index in [1.54, 1.807) is 12.1 Å². The Morgan fingerprint density at radius 2 is 2.04 bits per heavy atom. The van der Waals surface area contributed by atoms with Gasteiger partial charge in [-0.2, -0.15) is 0 Å². The van der Waals surface area contributed by atoms with Crippen LogP contribution in [0.1, 0.15) is 30.1 Å². The van der Waals surface area contributed by atoms with Crippen LogP contribution in [0, 0.1) is 0 Å². The Balaban J connectivity index is 0.00000338. The number of sulfonamides is 1. The van der Waals surface area contributed by atoms with E-state index in [1.165, 1.54) is 27.3 Å². The number of benzene rings is 1. The van der Waals surface area contributed by atoms with Crippen LogP contribution in [0.25, 0.3) is 0 Å². The molecule has 0 bridgehead atoms. The van der Waals surface area contributed by atoms with Crippen molar-refractivity contribution < 1.29 is 17.9 Å². The van der Waals surface area contributed by atoms with Gasteiger partial charge in [0.1, 0.15) is 10.6 Å². The lowest BCUT2D eigenvalue weighted by Crippen LogP contribution is -2.42. The van der Waals surface area contributed by atoms with Crippen molar-refractivity contribution >= 4 is 28.3 Å². The van der Waals surface area contributed by atoms with Crippen LogP contribution in [0.5, 0.6) is 5.75 Å². The third-order valence-corrected chi connectivity index (χ3v) is 6.21. The second kappa shape index (κ2) is 9.55. The highest BCUT2D eigenvalue weighted by Crippen LogP contribution is 2.28. The van der Waals surface area contributed by atoms with E-state index in [9.17, 15) is 13.2 Å². The second-order valence-electron chi connectivity index (χ2n) is 6.30. The van der Waals surface area contributed by atoms with Crippen molar-refractivity contribution in [2.45, 2.75) is 30.7 Å². The van der Waals surface area contributed by atoms with Crippen molar-refractivity contribution in [2.75, 3.05) is 40.8 Å². The molecule has 1 atom stereocenters. The van der Waals surface area contributed by atoms with E-state index < -0.39 is 10.0 Å². The number of amides is 1. The molecule has 1 N–H and O–H groups in total. The zero-order chi connectivity index (χ0) is 18.6. The predicted molar refractivity (Wildman–Crippen MR) is 104 cm³/mol. The van der Waals surface area contributed by atoms with Crippen LogP contribution in [-0.2, 0) is 10.0 Å². The molecule has 148 valence electrons. The topological polar surface area (TPSA) is 79.0 Å². The average Bonchev–Trinajstić information content (AvgIpc) is 3.12. The number of nitrogens with one attached hydrogen (secondary N) is 1. The summed E-state index contributed by atoms with van der Waals surface area (Å²) in [4.78, 5) is 14.9. The average molecular weight is 406 g/mol. The quantitative estimate of drug-likeness (QED) is 0.745. The molecule has 1 heterocycles. The van der Waals surface area contributed by atoms with Crippen LogP contribution < -0.4 is 10.1 Å². The van der Waals surface area contributed by atoms with Gasteiger partial charge in [-0.05, 0) is 37.6 Å². The minimum atomic E-state index is -3.71. The standard InChI is InChI=1S/C17H27N3O4S.ClH/c1-5-10-20(14-8-9-18-12-14)17(21)13-6-7-15(24-4)16(11-13)25(22,23)19(2)3;/h6-7,11,14,18H,5,8-10,12H2,1-4H3;1H. The molecule has 0 radical (unpaired) electrons. The summed E-state index contributed by atoms with van der Waals surface area (Å²) in [6, 6.07) is 4.73. The molecule has 26 heavy (non-hydrogen) atoms. The van der Waals surface area contributed by atoms with Crippen molar-refractivity contribution in [3.63, 3.8) is 0 Å². The maximum atomic E-state index is 13.0. The van der Waals surface area contributed by atoms with Crippen molar-refractivity contribution in [1.29, 1.82) is 0 Å². The summed E-state index contributed by atoms with van der Waals surface area (Å²) in [5.74, 6) is 0.0863. The minimum Gasteiger partial charge on any atom is -0.495 e. The van der Waals surface area contributed by atoms with Crippen LogP contribution in [-0.4, -0.2) is 70.4 Å². The Labute approximate surface area is 162 Å². The first-order chi connectivity index (χ1) is 11.8. The first-order valence-corrected chi connectivity index (χ1v) is 9.89. The number of hydrogen-bond acceptors (Lipinski definition) is 5. The van der Waals surface area contributed by atoms with E-state index in [0.29, 0.717) is 12.1 Å². The van der Waals surface area contributed by atoms with E-state index in [4.69, 9.17) is 4.74 Å². The van der Waals surface area contributed by atoms with Gasteiger partial charge in [0.25, 0.3) is 5.91 Å². The zero-order valence-electron chi connectivity index (χ0n) is 15.7. The monoisotopic (exact) mass is 405 g/mol. The number of hydrogen-bond donors (Lipinski definition) is 1. The maximum absolute atomic E-state index is 13.0. The third-order valence-electron chi connectivity index (χ3n) is 4.37. The van der Waals surface area contributed by atoms with Crippen LogP contribution in [0.4, 0.5) is 0 Å². The normalized spacial score (nSPS) is 17.0. The van der Waals surface area contributed by atoms with Crippen molar-refractivity contribution in [3.05, 3.63) is 23.8 Å². The van der Waals surface area contributed by atoms with Crippen LogP contribution in [0.2, 0.25) is 0 Å². The van der Waals surface area contributed by atoms with Gasteiger partial charge < -0.3 is 15.0 Å². The van der Waals surface area contributed by atoms with E-state index in [-0.39, 0.29) is 35.0 Å². The van der Waals surface area contributed by atoms with Crippen molar-refractivity contribution in [1.82, 2.24) is 14.5 Å². The maximum Gasteiger partial charge on any atom is 0.254 e. The van der Waals surface area contributed by atoms with E-state index in [2.05, 4.69) is 5.32 Å². The van der Waals surface area contributed by atoms with Gasteiger partial charge in [-0.1, -0.05) is 6.92 Å². The summed E-state index contributed by atoms with van der Waals surface area (Å²) in [7, 11) is 0.619. The number of ether oxygens (including phenoxy) is 1. The number of nitrogens with zero attached hydrogens (tertiary/aromatic N) is 2. The molecule has 1 amide bonds. The van der Waals surface area contributed by atoms with Gasteiger partial charge in [0.05, 0.1) is 7.11 Å². The van der Waals surface area contributed by atoms with Crippen LogP contribution >= 0.6 is 12.4 Å². The number of carbonyl (C=O) groups is 1. The molecule has 1 unspecified atom stereocenters. The minimum absolute atomic E-state index is 0. The lowest BCUT2D eigenvalue weighted by Gasteiger charge is -2.28. The molecule has 1 saturated heterocycles. The predicted octanol–water partition coefficient (Wildman–Crippen LogP) is 1.58. The molecule has 1 fully saturated rings. The van der Waals surface area contributed by atoms with Gasteiger partial charge in [-0.25, -0.2) is 12.7 Å². The molecule has 1 aliphatic heterocycles. The smallest absolute Gasteiger partial charge is 0.254 e.